The highest BCUT2D eigenvalue weighted by Gasteiger charge is 1.98. The van der Waals surface area contributed by atoms with Gasteiger partial charge in [0, 0.05) is 13.5 Å². The lowest BCUT2D eigenvalue weighted by Gasteiger charge is -2.02. The molecule has 0 aliphatic rings. The van der Waals surface area contributed by atoms with Gasteiger partial charge in [-0.1, -0.05) is 12.1 Å². The predicted octanol–water partition coefficient (Wildman–Crippen LogP) is 0.293. The molecule has 0 saturated carbocycles. The van der Waals surface area contributed by atoms with Gasteiger partial charge in [-0.3, -0.25) is 4.79 Å². The lowest BCUT2D eigenvalue weighted by molar-refractivity contribution is -0.119. The SMILES string of the molecule is CC(=O)NCc1cccc([SH](=O)=O)c1. The number of benzene rings is 1. The van der Waals surface area contributed by atoms with Crippen molar-refractivity contribution in [1.82, 2.24) is 5.32 Å². The molecule has 0 aromatic heterocycles. The maximum absolute atomic E-state index is 10.6. The molecule has 1 N–H and O–H groups in total. The van der Waals surface area contributed by atoms with E-state index in [4.69, 9.17) is 0 Å². The molecule has 5 heteroatoms. The highest BCUT2D eigenvalue weighted by molar-refractivity contribution is 7.72. The van der Waals surface area contributed by atoms with Crippen LogP contribution in [-0.4, -0.2) is 14.3 Å². The van der Waals surface area contributed by atoms with Crippen LogP contribution in [0.2, 0.25) is 0 Å². The average Bonchev–Trinajstić information content (AvgIpc) is 2.15. The first-order valence-corrected chi connectivity index (χ1v) is 5.25. The normalized spacial score (nSPS) is 10.1. The molecule has 0 radical (unpaired) electrons. The molecule has 0 heterocycles. The van der Waals surface area contributed by atoms with Gasteiger partial charge in [-0.15, -0.1) is 0 Å². The van der Waals surface area contributed by atoms with Crippen LogP contribution in [0, 0.1) is 0 Å². The smallest absolute Gasteiger partial charge is 0.217 e. The summed E-state index contributed by atoms with van der Waals surface area (Å²) in [6.07, 6.45) is 0. The minimum atomic E-state index is -2.55. The molecule has 1 aromatic carbocycles. The monoisotopic (exact) mass is 213 g/mol. The van der Waals surface area contributed by atoms with Gasteiger partial charge >= 0.3 is 0 Å². The Kier molecular flexibility index (Phi) is 3.64. The van der Waals surface area contributed by atoms with Crippen molar-refractivity contribution in [3.63, 3.8) is 0 Å². The van der Waals surface area contributed by atoms with E-state index in [1.165, 1.54) is 13.0 Å². The Morgan fingerprint density at radius 2 is 2.14 bits per heavy atom. The third-order valence-electron chi connectivity index (χ3n) is 1.66. The van der Waals surface area contributed by atoms with Gasteiger partial charge in [-0.2, -0.15) is 0 Å². The van der Waals surface area contributed by atoms with Crippen LogP contribution in [0.1, 0.15) is 12.5 Å². The third-order valence-corrected chi connectivity index (χ3v) is 2.36. The first-order chi connectivity index (χ1) is 6.59. The predicted molar refractivity (Wildman–Crippen MR) is 52.5 cm³/mol. The quantitative estimate of drug-likeness (QED) is 0.709. The van der Waals surface area contributed by atoms with E-state index in [1.54, 1.807) is 18.2 Å². The fourth-order valence-electron chi connectivity index (χ4n) is 1.01. The Morgan fingerprint density at radius 3 is 2.71 bits per heavy atom. The Bertz CT molecular complexity index is 404. The number of hydrogen-bond donors (Lipinski definition) is 2. The molecule has 0 fully saturated rings. The summed E-state index contributed by atoms with van der Waals surface area (Å²) in [6, 6.07) is 6.47. The number of thiol groups is 1. The van der Waals surface area contributed by atoms with Crippen molar-refractivity contribution in [3.8, 4) is 0 Å². The summed E-state index contributed by atoms with van der Waals surface area (Å²) in [7, 11) is -2.55. The first kappa shape index (κ1) is 10.7. The van der Waals surface area contributed by atoms with Crippen molar-refractivity contribution in [2.45, 2.75) is 18.4 Å². The number of nitrogens with one attached hydrogen (secondary N) is 1. The first-order valence-electron chi connectivity index (χ1n) is 4.07. The van der Waals surface area contributed by atoms with Crippen molar-refractivity contribution < 1.29 is 13.2 Å². The highest BCUT2D eigenvalue weighted by atomic mass is 32.2. The minimum absolute atomic E-state index is 0.137. The van der Waals surface area contributed by atoms with E-state index in [2.05, 4.69) is 5.32 Å². The maximum atomic E-state index is 10.6. The Morgan fingerprint density at radius 1 is 1.43 bits per heavy atom. The summed E-state index contributed by atoms with van der Waals surface area (Å²) >= 11 is 0. The number of carbonyl (C=O) groups excluding carboxylic acids is 1. The van der Waals surface area contributed by atoms with E-state index in [1.807, 2.05) is 0 Å². The number of hydrogen-bond acceptors (Lipinski definition) is 3. The van der Waals surface area contributed by atoms with Gasteiger partial charge in [0.1, 0.15) is 0 Å². The van der Waals surface area contributed by atoms with Crippen LogP contribution < -0.4 is 5.32 Å². The van der Waals surface area contributed by atoms with Crippen LogP contribution in [0.5, 0.6) is 0 Å². The van der Waals surface area contributed by atoms with Gasteiger partial charge in [0.15, 0.2) is 10.7 Å². The molecule has 1 aromatic rings. The second-order valence-corrected chi connectivity index (χ2v) is 3.87. The average molecular weight is 213 g/mol. The molecule has 1 amide bonds. The van der Waals surface area contributed by atoms with Gasteiger partial charge in [-0.25, -0.2) is 8.42 Å². The zero-order valence-electron chi connectivity index (χ0n) is 7.69. The van der Waals surface area contributed by atoms with Gasteiger partial charge < -0.3 is 5.32 Å². The van der Waals surface area contributed by atoms with Crippen molar-refractivity contribution in [2.75, 3.05) is 0 Å². The van der Waals surface area contributed by atoms with E-state index >= 15 is 0 Å². The van der Waals surface area contributed by atoms with Gasteiger partial charge in [0.2, 0.25) is 5.91 Å². The van der Waals surface area contributed by atoms with Crippen molar-refractivity contribution in [1.29, 1.82) is 0 Å². The molecule has 0 aliphatic carbocycles. The number of amides is 1. The molecular formula is C9H11NO3S. The van der Waals surface area contributed by atoms with E-state index in [-0.39, 0.29) is 10.8 Å². The van der Waals surface area contributed by atoms with Crippen LogP contribution in [-0.2, 0) is 22.0 Å². The molecule has 0 aliphatic heterocycles. The summed E-state index contributed by atoms with van der Waals surface area (Å²) in [6.45, 7) is 1.77. The van der Waals surface area contributed by atoms with Crippen LogP contribution in [0.4, 0.5) is 0 Å². The summed E-state index contributed by atoms with van der Waals surface area (Å²) < 4.78 is 21.3. The largest absolute Gasteiger partial charge is 0.352 e. The molecule has 76 valence electrons. The third kappa shape index (κ3) is 3.18. The standard InChI is InChI=1S/C9H11NO3S/c1-7(11)10-6-8-3-2-4-9(5-8)14(12)13/h2-5,14H,6H2,1H3,(H,10,11). The van der Waals surface area contributed by atoms with Gasteiger partial charge in [-0.05, 0) is 17.7 Å². The molecule has 4 nitrogen and oxygen atoms in total. The second kappa shape index (κ2) is 4.76. The molecule has 0 bridgehead atoms. The summed E-state index contributed by atoms with van der Waals surface area (Å²) in [4.78, 5) is 10.9. The van der Waals surface area contributed by atoms with Gasteiger partial charge in [0.25, 0.3) is 0 Å². The number of rotatable bonds is 3. The van der Waals surface area contributed by atoms with E-state index in [0.29, 0.717) is 6.54 Å². The van der Waals surface area contributed by atoms with Gasteiger partial charge in [0.05, 0.1) is 4.90 Å². The highest BCUT2D eigenvalue weighted by Crippen LogP contribution is 2.05. The number of carbonyl (C=O) groups is 1. The molecule has 0 saturated heterocycles. The summed E-state index contributed by atoms with van der Waals surface area (Å²) in [5.41, 5.74) is 0.775. The van der Waals surface area contributed by atoms with Crippen LogP contribution in [0.25, 0.3) is 0 Å². The summed E-state index contributed by atoms with van der Waals surface area (Å²) in [5.74, 6) is -0.137. The molecule has 0 atom stereocenters. The minimum Gasteiger partial charge on any atom is -0.352 e. The second-order valence-electron chi connectivity index (χ2n) is 2.84. The van der Waals surface area contributed by atoms with Crippen molar-refractivity contribution in [2.24, 2.45) is 0 Å². The molecule has 0 unspecified atom stereocenters. The molecule has 1 rings (SSSR count). The topological polar surface area (TPSA) is 63.2 Å². The van der Waals surface area contributed by atoms with E-state index in [0.717, 1.165) is 5.56 Å². The van der Waals surface area contributed by atoms with Crippen molar-refractivity contribution >= 4 is 16.6 Å². The van der Waals surface area contributed by atoms with Crippen LogP contribution in [0.3, 0.4) is 0 Å². The molecule has 14 heavy (non-hydrogen) atoms. The van der Waals surface area contributed by atoms with E-state index in [9.17, 15) is 13.2 Å². The van der Waals surface area contributed by atoms with E-state index < -0.39 is 10.7 Å². The lowest BCUT2D eigenvalue weighted by Crippen LogP contribution is -2.18. The van der Waals surface area contributed by atoms with Crippen LogP contribution in [0.15, 0.2) is 29.2 Å². The summed E-state index contributed by atoms with van der Waals surface area (Å²) in [5, 5.41) is 2.59. The Labute approximate surface area is 83.9 Å². The zero-order valence-corrected chi connectivity index (χ0v) is 8.58. The zero-order chi connectivity index (χ0) is 10.6. The molecular weight excluding hydrogens is 202 g/mol. The molecule has 0 spiro atoms. The Balaban J connectivity index is 2.78. The lowest BCUT2D eigenvalue weighted by atomic mass is 10.2. The fourth-order valence-corrected chi connectivity index (χ4v) is 1.49. The Hall–Kier alpha value is -1.36. The van der Waals surface area contributed by atoms with Crippen LogP contribution >= 0.6 is 0 Å². The van der Waals surface area contributed by atoms with Crippen molar-refractivity contribution in [3.05, 3.63) is 29.8 Å². The maximum Gasteiger partial charge on any atom is 0.217 e. The fraction of sp³-hybridized carbons (Fsp3) is 0.222.